The molecule has 1 aliphatic heterocycles. The molecule has 23 heavy (non-hydrogen) atoms. The number of aliphatic hydroxyl groups excluding tert-OH is 1. The predicted octanol–water partition coefficient (Wildman–Crippen LogP) is 3.98. The fourth-order valence-corrected chi connectivity index (χ4v) is 3.34. The Morgan fingerprint density at radius 3 is 2.83 bits per heavy atom. The summed E-state index contributed by atoms with van der Waals surface area (Å²) in [6.07, 6.45) is 2.26. The number of furan rings is 1. The lowest BCUT2D eigenvalue weighted by molar-refractivity contribution is 0.0258. The van der Waals surface area contributed by atoms with Crippen LogP contribution in [0.3, 0.4) is 0 Å². The maximum atomic E-state index is 12.7. The summed E-state index contributed by atoms with van der Waals surface area (Å²) in [6.45, 7) is 2.38. The van der Waals surface area contributed by atoms with Gasteiger partial charge in [-0.25, -0.2) is 0 Å². The van der Waals surface area contributed by atoms with Crippen LogP contribution in [0.4, 0.5) is 0 Å². The van der Waals surface area contributed by atoms with Gasteiger partial charge in [0, 0.05) is 12.1 Å². The molecule has 0 saturated carbocycles. The Balaban J connectivity index is 1.85. The SMILES string of the molecule is CC(O)C1CCCCN1C(=O)c1ccc(-c2ccccc2Cl)o1. The number of hydrogen-bond acceptors (Lipinski definition) is 3. The second-order valence-electron chi connectivity index (χ2n) is 5.95. The van der Waals surface area contributed by atoms with Crippen molar-refractivity contribution < 1.29 is 14.3 Å². The van der Waals surface area contributed by atoms with Gasteiger partial charge in [-0.2, -0.15) is 0 Å². The lowest BCUT2D eigenvalue weighted by Crippen LogP contribution is -2.48. The third kappa shape index (κ3) is 3.28. The molecule has 1 aliphatic rings. The Bertz CT molecular complexity index is 695. The van der Waals surface area contributed by atoms with Gasteiger partial charge in [-0.15, -0.1) is 0 Å². The molecule has 1 aromatic heterocycles. The summed E-state index contributed by atoms with van der Waals surface area (Å²) in [5, 5.41) is 10.5. The molecule has 0 aliphatic carbocycles. The molecule has 0 spiro atoms. The van der Waals surface area contributed by atoms with E-state index in [1.54, 1.807) is 30.0 Å². The fraction of sp³-hybridized carbons (Fsp3) is 0.389. The number of carbonyl (C=O) groups is 1. The Kier molecular flexibility index (Phi) is 4.74. The molecule has 1 N–H and O–H groups in total. The minimum atomic E-state index is -0.544. The smallest absolute Gasteiger partial charge is 0.289 e. The van der Waals surface area contributed by atoms with Gasteiger partial charge in [0.15, 0.2) is 5.76 Å². The summed E-state index contributed by atoms with van der Waals surface area (Å²) < 4.78 is 5.74. The highest BCUT2D eigenvalue weighted by molar-refractivity contribution is 6.33. The average Bonchev–Trinajstić information content (AvgIpc) is 3.04. The van der Waals surface area contributed by atoms with Crippen LogP contribution in [0.2, 0.25) is 5.02 Å². The molecular weight excluding hydrogens is 314 g/mol. The second kappa shape index (κ2) is 6.77. The van der Waals surface area contributed by atoms with E-state index < -0.39 is 6.10 Å². The molecular formula is C18H20ClNO3. The number of piperidine rings is 1. The van der Waals surface area contributed by atoms with Crippen LogP contribution in [-0.4, -0.2) is 34.6 Å². The van der Waals surface area contributed by atoms with E-state index in [1.807, 2.05) is 18.2 Å². The molecule has 1 saturated heterocycles. The van der Waals surface area contributed by atoms with Crippen molar-refractivity contribution in [3.63, 3.8) is 0 Å². The maximum absolute atomic E-state index is 12.7. The summed E-state index contributed by atoms with van der Waals surface area (Å²) in [6, 6.07) is 10.7. The highest BCUT2D eigenvalue weighted by atomic mass is 35.5. The number of carbonyl (C=O) groups excluding carboxylic acids is 1. The number of halogens is 1. The lowest BCUT2D eigenvalue weighted by Gasteiger charge is -2.36. The first-order valence-corrected chi connectivity index (χ1v) is 8.29. The zero-order chi connectivity index (χ0) is 16.4. The third-order valence-electron chi connectivity index (χ3n) is 4.32. The van der Waals surface area contributed by atoms with Crippen molar-refractivity contribution >= 4 is 17.5 Å². The van der Waals surface area contributed by atoms with E-state index in [-0.39, 0.29) is 17.7 Å². The molecule has 0 bridgehead atoms. The molecule has 3 rings (SSSR count). The van der Waals surface area contributed by atoms with Crippen LogP contribution in [0.15, 0.2) is 40.8 Å². The lowest BCUT2D eigenvalue weighted by atomic mass is 9.98. The molecule has 1 amide bonds. The Morgan fingerprint density at radius 1 is 1.30 bits per heavy atom. The van der Waals surface area contributed by atoms with Crippen LogP contribution < -0.4 is 0 Å². The number of hydrogen-bond donors (Lipinski definition) is 1. The van der Waals surface area contributed by atoms with Crippen molar-refractivity contribution in [3.8, 4) is 11.3 Å². The number of aliphatic hydroxyl groups is 1. The van der Waals surface area contributed by atoms with Gasteiger partial charge < -0.3 is 14.4 Å². The highest BCUT2D eigenvalue weighted by Crippen LogP contribution is 2.30. The first-order chi connectivity index (χ1) is 11.1. The van der Waals surface area contributed by atoms with Crippen LogP contribution in [0.5, 0.6) is 0 Å². The predicted molar refractivity (Wildman–Crippen MR) is 89.5 cm³/mol. The van der Waals surface area contributed by atoms with Gasteiger partial charge in [0.1, 0.15) is 5.76 Å². The molecule has 1 aromatic carbocycles. The fourth-order valence-electron chi connectivity index (χ4n) is 3.11. The van der Waals surface area contributed by atoms with Crippen molar-refractivity contribution in [2.24, 2.45) is 0 Å². The normalized spacial score (nSPS) is 19.6. The van der Waals surface area contributed by atoms with Crippen LogP contribution >= 0.6 is 11.6 Å². The molecule has 2 heterocycles. The number of benzene rings is 1. The van der Waals surface area contributed by atoms with Crippen molar-refractivity contribution in [1.82, 2.24) is 4.90 Å². The van der Waals surface area contributed by atoms with Crippen LogP contribution in [0, 0.1) is 0 Å². The van der Waals surface area contributed by atoms with Gasteiger partial charge in [-0.3, -0.25) is 4.79 Å². The zero-order valence-electron chi connectivity index (χ0n) is 13.0. The summed E-state index contributed by atoms with van der Waals surface area (Å²) in [5.74, 6) is 0.686. The minimum Gasteiger partial charge on any atom is -0.451 e. The second-order valence-corrected chi connectivity index (χ2v) is 6.35. The summed E-state index contributed by atoms with van der Waals surface area (Å²) in [5.41, 5.74) is 0.763. The Labute approximate surface area is 140 Å². The van der Waals surface area contributed by atoms with Crippen LogP contribution in [0.25, 0.3) is 11.3 Å². The molecule has 0 radical (unpaired) electrons. The van der Waals surface area contributed by atoms with Crippen LogP contribution in [-0.2, 0) is 0 Å². The van der Waals surface area contributed by atoms with Gasteiger partial charge in [0.2, 0.25) is 0 Å². The first kappa shape index (κ1) is 16.1. The van der Waals surface area contributed by atoms with E-state index in [0.717, 1.165) is 24.8 Å². The van der Waals surface area contributed by atoms with Gasteiger partial charge in [0.05, 0.1) is 17.2 Å². The van der Waals surface area contributed by atoms with Crippen LogP contribution in [0.1, 0.15) is 36.7 Å². The monoisotopic (exact) mass is 333 g/mol. The maximum Gasteiger partial charge on any atom is 0.289 e. The number of likely N-dealkylation sites (tertiary alicyclic amines) is 1. The summed E-state index contributed by atoms with van der Waals surface area (Å²) in [4.78, 5) is 14.5. The first-order valence-electron chi connectivity index (χ1n) is 7.91. The van der Waals surface area contributed by atoms with Crippen molar-refractivity contribution in [2.45, 2.75) is 38.3 Å². The summed E-state index contributed by atoms with van der Waals surface area (Å²) >= 11 is 6.17. The van der Waals surface area contributed by atoms with E-state index >= 15 is 0 Å². The minimum absolute atomic E-state index is 0.148. The van der Waals surface area contributed by atoms with E-state index in [9.17, 15) is 9.90 Å². The largest absolute Gasteiger partial charge is 0.451 e. The third-order valence-corrected chi connectivity index (χ3v) is 4.65. The standard InChI is InChI=1S/C18H20ClNO3/c1-12(21)15-8-4-5-11-20(15)18(22)17-10-9-16(23-17)13-6-2-3-7-14(13)19/h2-3,6-7,9-10,12,15,21H,4-5,8,11H2,1H3. The van der Waals surface area contributed by atoms with Gasteiger partial charge >= 0.3 is 0 Å². The molecule has 5 heteroatoms. The van der Waals surface area contributed by atoms with E-state index in [4.69, 9.17) is 16.0 Å². The molecule has 2 aromatic rings. The molecule has 4 nitrogen and oxygen atoms in total. The zero-order valence-corrected chi connectivity index (χ0v) is 13.8. The summed E-state index contributed by atoms with van der Waals surface area (Å²) in [7, 11) is 0. The Hall–Kier alpha value is -1.78. The molecule has 1 fully saturated rings. The van der Waals surface area contributed by atoms with Gasteiger partial charge in [0.25, 0.3) is 5.91 Å². The van der Waals surface area contributed by atoms with Crippen molar-refractivity contribution in [1.29, 1.82) is 0 Å². The van der Waals surface area contributed by atoms with Crippen molar-refractivity contribution in [3.05, 3.63) is 47.2 Å². The van der Waals surface area contributed by atoms with E-state index in [0.29, 0.717) is 17.3 Å². The molecule has 2 unspecified atom stereocenters. The quantitative estimate of drug-likeness (QED) is 0.924. The molecule has 122 valence electrons. The van der Waals surface area contributed by atoms with Gasteiger partial charge in [-0.1, -0.05) is 23.7 Å². The molecule has 2 atom stereocenters. The number of nitrogens with zero attached hydrogens (tertiary/aromatic N) is 1. The highest BCUT2D eigenvalue weighted by Gasteiger charge is 2.32. The Morgan fingerprint density at radius 2 is 2.09 bits per heavy atom. The van der Waals surface area contributed by atoms with E-state index in [2.05, 4.69) is 0 Å². The van der Waals surface area contributed by atoms with E-state index in [1.165, 1.54) is 0 Å². The van der Waals surface area contributed by atoms with Crippen molar-refractivity contribution in [2.75, 3.05) is 6.54 Å². The number of amides is 1. The van der Waals surface area contributed by atoms with Gasteiger partial charge in [-0.05, 0) is 50.5 Å². The average molecular weight is 334 g/mol. The number of rotatable bonds is 3. The topological polar surface area (TPSA) is 53.7 Å².